The minimum atomic E-state index is -0.220. The second kappa shape index (κ2) is 3.22. The van der Waals surface area contributed by atoms with Crippen molar-refractivity contribution in [2.75, 3.05) is 0 Å². The molecular weight excluding hydrogens is 234 g/mol. The molecule has 5 heteroatoms. The van der Waals surface area contributed by atoms with E-state index in [0.717, 1.165) is 0 Å². The summed E-state index contributed by atoms with van der Waals surface area (Å²) >= 11 is 0. The number of benzene rings is 2. The predicted octanol–water partition coefficient (Wildman–Crippen LogP) is 2.15. The van der Waals surface area contributed by atoms with Gasteiger partial charge in [0.05, 0.1) is 11.0 Å². The molecule has 0 aliphatic heterocycles. The summed E-state index contributed by atoms with van der Waals surface area (Å²) in [6, 6.07) is 5.75. The molecule has 0 atom stereocenters. The van der Waals surface area contributed by atoms with E-state index in [1.807, 2.05) is 0 Å². The van der Waals surface area contributed by atoms with Crippen LogP contribution >= 0.6 is 0 Å². The SMILES string of the molecule is Cn1c2cc(O)c(O)cc2c2cc(O)c(O)cc21. The molecule has 0 aliphatic rings. The summed E-state index contributed by atoms with van der Waals surface area (Å²) in [7, 11) is 1.78. The van der Waals surface area contributed by atoms with Crippen molar-refractivity contribution >= 4 is 21.8 Å². The normalized spacial score (nSPS) is 11.4. The molecule has 18 heavy (non-hydrogen) atoms. The first-order valence-corrected chi connectivity index (χ1v) is 5.35. The van der Waals surface area contributed by atoms with Gasteiger partial charge in [-0.2, -0.15) is 0 Å². The monoisotopic (exact) mass is 245 g/mol. The lowest BCUT2D eigenvalue weighted by Gasteiger charge is -2.00. The largest absolute Gasteiger partial charge is 0.504 e. The zero-order chi connectivity index (χ0) is 13.0. The number of fused-ring (bicyclic) bond motifs is 3. The Bertz CT molecular complexity index is 724. The maximum atomic E-state index is 9.54. The minimum Gasteiger partial charge on any atom is -0.504 e. The van der Waals surface area contributed by atoms with E-state index in [1.54, 1.807) is 11.6 Å². The molecule has 5 nitrogen and oxygen atoms in total. The van der Waals surface area contributed by atoms with E-state index in [9.17, 15) is 20.4 Å². The number of nitrogens with zero attached hydrogens (tertiary/aromatic N) is 1. The molecule has 3 rings (SSSR count). The van der Waals surface area contributed by atoms with Gasteiger partial charge in [-0.1, -0.05) is 0 Å². The van der Waals surface area contributed by atoms with Gasteiger partial charge in [-0.3, -0.25) is 0 Å². The van der Waals surface area contributed by atoms with E-state index in [-0.39, 0.29) is 23.0 Å². The highest BCUT2D eigenvalue weighted by Crippen LogP contribution is 2.39. The van der Waals surface area contributed by atoms with Gasteiger partial charge in [0.2, 0.25) is 0 Å². The maximum absolute atomic E-state index is 9.54. The van der Waals surface area contributed by atoms with Crippen LogP contribution < -0.4 is 0 Å². The van der Waals surface area contributed by atoms with Crippen molar-refractivity contribution in [1.29, 1.82) is 0 Å². The standard InChI is InChI=1S/C13H11NO4/c1-14-8-4-12(17)10(15)2-6(8)7-3-11(16)13(18)5-9(7)14/h2-5,15-18H,1H3. The maximum Gasteiger partial charge on any atom is 0.159 e. The molecule has 0 bridgehead atoms. The zero-order valence-electron chi connectivity index (χ0n) is 9.55. The Hall–Kier alpha value is -2.56. The topological polar surface area (TPSA) is 85.9 Å². The summed E-state index contributed by atoms with van der Waals surface area (Å²) in [6.45, 7) is 0. The highest BCUT2D eigenvalue weighted by atomic mass is 16.3. The predicted molar refractivity (Wildman–Crippen MR) is 67.1 cm³/mol. The van der Waals surface area contributed by atoms with Crippen LogP contribution in [0.25, 0.3) is 21.8 Å². The molecule has 0 radical (unpaired) electrons. The molecule has 0 saturated carbocycles. The third-order valence-electron chi connectivity index (χ3n) is 3.20. The van der Waals surface area contributed by atoms with E-state index in [4.69, 9.17) is 0 Å². The Kier molecular flexibility index (Phi) is 1.90. The van der Waals surface area contributed by atoms with E-state index in [0.29, 0.717) is 21.8 Å². The summed E-state index contributed by atoms with van der Waals surface area (Å²) in [5.74, 6) is -0.853. The molecule has 92 valence electrons. The number of aromatic nitrogens is 1. The summed E-state index contributed by atoms with van der Waals surface area (Å²) in [5.41, 5.74) is 1.40. The summed E-state index contributed by atoms with van der Waals surface area (Å²) < 4.78 is 1.77. The fourth-order valence-corrected chi connectivity index (χ4v) is 2.25. The summed E-state index contributed by atoms with van der Waals surface area (Å²) in [5, 5.41) is 39.5. The molecule has 0 unspecified atom stereocenters. The van der Waals surface area contributed by atoms with Crippen LogP contribution in [0.15, 0.2) is 24.3 Å². The van der Waals surface area contributed by atoms with Crippen LogP contribution in [0.2, 0.25) is 0 Å². The van der Waals surface area contributed by atoms with Gasteiger partial charge in [0.25, 0.3) is 0 Å². The number of rotatable bonds is 0. The van der Waals surface area contributed by atoms with Crippen LogP contribution in [0.5, 0.6) is 23.0 Å². The van der Waals surface area contributed by atoms with Crippen molar-refractivity contribution < 1.29 is 20.4 Å². The van der Waals surface area contributed by atoms with E-state index in [2.05, 4.69) is 0 Å². The van der Waals surface area contributed by atoms with Crippen LogP contribution in [-0.4, -0.2) is 25.0 Å². The molecule has 0 fully saturated rings. The highest BCUT2D eigenvalue weighted by Gasteiger charge is 2.14. The molecule has 2 aromatic carbocycles. The Morgan fingerprint density at radius 2 is 1.00 bits per heavy atom. The van der Waals surface area contributed by atoms with Crippen molar-refractivity contribution in [3.63, 3.8) is 0 Å². The smallest absolute Gasteiger partial charge is 0.159 e. The number of phenols is 4. The lowest BCUT2D eigenvalue weighted by molar-refractivity contribution is 0.404. The van der Waals surface area contributed by atoms with Gasteiger partial charge in [0, 0.05) is 30.0 Å². The third-order valence-corrected chi connectivity index (χ3v) is 3.20. The Balaban J connectivity index is 2.58. The second-order valence-corrected chi connectivity index (χ2v) is 4.28. The van der Waals surface area contributed by atoms with E-state index >= 15 is 0 Å². The van der Waals surface area contributed by atoms with Crippen LogP contribution in [-0.2, 0) is 7.05 Å². The quantitative estimate of drug-likeness (QED) is 0.457. The molecular formula is C13H11NO4. The molecule has 1 heterocycles. The van der Waals surface area contributed by atoms with Crippen molar-refractivity contribution in [2.24, 2.45) is 7.05 Å². The van der Waals surface area contributed by atoms with Gasteiger partial charge in [-0.15, -0.1) is 0 Å². The van der Waals surface area contributed by atoms with Gasteiger partial charge >= 0.3 is 0 Å². The van der Waals surface area contributed by atoms with Crippen molar-refractivity contribution in [3.8, 4) is 23.0 Å². The first-order chi connectivity index (χ1) is 8.49. The fourth-order valence-electron chi connectivity index (χ4n) is 2.25. The molecule has 3 aromatic rings. The lowest BCUT2D eigenvalue weighted by atomic mass is 10.1. The van der Waals surface area contributed by atoms with Gasteiger partial charge in [-0.05, 0) is 12.1 Å². The fraction of sp³-hybridized carbons (Fsp3) is 0.0769. The van der Waals surface area contributed by atoms with Gasteiger partial charge in [0.15, 0.2) is 23.0 Å². The number of aromatic hydroxyl groups is 4. The Morgan fingerprint density at radius 3 is 1.39 bits per heavy atom. The minimum absolute atomic E-state index is 0.207. The number of phenolic OH excluding ortho intramolecular Hbond substituents is 4. The van der Waals surface area contributed by atoms with Gasteiger partial charge < -0.3 is 25.0 Å². The Labute approximate surface area is 102 Å². The number of aryl methyl sites for hydroxylation is 1. The second-order valence-electron chi connectivity index (χ2n) is 4.28. The lowest BCUT2D eigenvalue weighted by Crippen LogP contribution is -1.86. The van der Waals surface area contributed by atoms with Crippen LogP contribution in [0, 0.1) is 0 Å². The molecule has 0 amide bonds. The van der Waals surface area contributed by atoms with Crippen LogP contribution in [0.1, 0.15) is 0 Å². The van der Waals surface area contributed by atoms with Gasteiger partial charge in [-0.25, -0.2) is 0 Å². The Morgan fingerprint density at radius 1 is 0.667 bits per heavy atom. The molecule has 0 spiro atoms. The average molecular weight is 245 g/mol. The van der Waals surface area contributed by atoms with Crippen molar-refractivity contribution in [3.05, 3.63) is 24.3 Å². The molecule has 0 aliphatic carbocycles. The summed E-state index contributed by atoms with van der Waals surface area (Å²) in [6.07, 6.45) is 0. The van der Waals surface area contributed by atoms with Crippen molar-refractivity contribution in [1.82, 2.24) is 4.57 Å². The average Bonchev–Trinajstić information content (AvgIpc) is 2.56. The zero-order valence-corrected chi connectivity index (χ0v) is 9.55. The first kappa shape index (κ1) is 10.6. The number of hydrogen-bond acceptors (Lipinski definition) is 4. The number of hydrogen-bond donors (Lipinski definition) is 4. The first-order valence-electron chi connectivity index (χ1n) is 5.35. The van der Waals surface area contributed by atoms with Crippen LogP contribution in [0.3, 0.4) is 0 Å². The van der Waals surface area contributed by atoms with Gasteiger partial charge in [0.1, 0.15) is 0 Å². The van der Waals surface area contributed by atoms with E-state index < -0.39 is 0 Å². The van der Waals surface area contributed by atoms with Crippen molar-refractivity contribution in [2.45, 2.75) is 0 Å². The van der Waals surface area contributed by atoms with E-state index in [1.165, 1.54) is 24.3 Å². The molecule has 1 aromatic heterocycles. The highest BCUT2D eigenvalue weighted by molar-refractivity contribution is 6.10. The van der Waals surface area contributed by atoms with Crippen LogP contribution in [0.4, 0.5) is 0 Å². The molecule has 4 N–H and O–H groups in total. The summed E-state index contributed by atoms with van der Waals surface area (Å²) in [4.78, 5) is 0. The molecule has 0 saturated heterocycles. The third kappa shape index (κ3) is 1.21.